The van der Waals surface area contributed by atoms with Crippen LogP contribution in [0, 0.1) is 5.92 Å². The second-order valence-corrected chi connectivity index (χ2v) is 5.82. The third kappa shape index (κ3) is 7.48. The number of ether oxygens (including phenoxy) is 2. The van der Waals surface area contributed by atoms with E-state index < -0.39 is 0 Å². The molecular weight excluding hydrogens is 290 g/mol. The Kier molecular flexibility index (Phi) is 8.51. The topological polar surface area (TPSA) is 54.9 Å². The highest BCUT2D eigenvalue weighted by Crippen LogP contribution is 2.14. The van der Waals surface area contributed by atoms with Gasteiger partial charge in [-0.3, -0.25) is 4.99 Å². The van der Waals surface area contributed by atoms with Crippen LogP contribution in [0.2, 0.25) is 0 Å². The molecule has 23 heavy (non-hydrogen) atoms. The fourth-order valence-electron chi connectivity index (χ4n) is 2.55. The average molecular weight is 319 g/mol. The Bertz CT molecular complexity index is 445. The normalized spacial score (nSPS) is 16.3. The Morgan fingerprint density at radius 1 is 1.22 bits per heavy atom. The van der Waals surface area contributed by atoms with E-state index in [4.69, 9.17) is 9.47 Å². The van der Waals surface area contributed by atoms with Crippen LogP contribution in [-0.2, 0) is 16.0 Å². The number of hydrogen-bond acceptors (Lipinski definition) is 3. The quantitative estimate of drug-likeness (QED) is 0.438. The van der Waals surface area contributed by atoms with Gasteiger partial charge in [0, 0.05) is 46.6 Å². The lowest BCUT2D eigenvalue weighted by molar-refractivity contribution is 0.0203. The van der Waals surface area contributed by atoms with Gasteiger partial charge in [-0.2, -0.15) is 0 Å². The smallest absolute Gasteiger partial charge is 0.191 e. The van der Waals surface area contributed by atoms with Crippen LogP contribution >= 0.6 is 0 Å². The molecule has 0 aliphatic carbocycles. The highest BCUT2D eigenvalue weighted by Gasteiger charge is 2.13. The largest absolute Gasteiger partial charge is 0.381 e. The van der Waals surface area contributed by atoms with Gasteiger partial charge in [0.1, 0.15) is 0 Å². The Morgan fingerprint density at radius 2 is 2.00 bits per heavy atom. The highest BCUT2D eigenvalue weighted by atomic mass is 16.5. The number of benzene rings is 1. The molecule has 2 N–H and O–H groups in total. The van der Waals surface area contributed by atoms with Gasteiger partial charge >= 0.3 is 0 Å². The summed E-state index contributed by atoms with van der Waals surface area (Å²) in [5.74, 6) is 1.51. The van der Waals surface area contributed by atoms with E-state index in [2.05, 4.69) is 27.8 Å². The molecule has 0 atom stereocenters. The molecule has 1 aliphatic heterocycles. The Hall–Kier alpha value is -1.59. The predicted molar refractivity (Wildman–Crippen MR) is 93.6 cm³/mol. The van der Waals surface area contributed by atoms with Gasteiger partial charge in [-0.05, 0) is 30.7 Å². The monoisotopic (exact) mass is 319 g/mol. The van der Waals surface area contributed by atoms with Crippen molar-refractivity contribution < 1.29 is 9.47 Å². The minimum absolute atomic E-state index is 0.678. The summed E-state index contributed by atoms with van der Waals surface area (Å²) in [7, 11) is 1.79. The summed E-state index contributed by atoms with van der Waals surface area (Å²) in [4.78, 5) is 4.23. The zero-order valence-electron chi connectivity index (χ0n) is 14.1. The van der Waals surface area contributed by atoms with Gasteiger partial charge in [-0.15, -0.1) is 0 Å². The fourth-order valence-corrected chi connectivity index (χ4v) is 2.55. The van der Waals surface area contributed by atoms with Crippen LogP contribution in [0.3, 0.4) is 0 Å². The van der Waals surface area contributed by atoms with E-state index in [0.29, 0.717) is 5.92 Å². The predicted octanol–water partition coefficient (Wildman–Crippen LogP) is 2.18. The molecule has 1 aromatic rings. The van der Waals surface area contributed by atoms with Crippen LogP contribution in [0.5, 0.6) is 0 Å². The molecule has 5 heteroatoms. The Labute approximate surface area is 139 Å². The SMILES string of the molecule is CN=C(NCCCOCC1CCOCC1)NCc1ccccc1. The number of aliphatic imine (C=N–C) groups is 1. The molecule has 0 bridgehead atoms. The zero-order valence-corrected chi connectivity index (χ0v) is 14.1. The second-order valence-electron chi connectivity index (χ2n) is 5.82. The summed E-state index contributed by atoms with van der Waals surface area (Å²) in [5.41, 5.74) is 1.25. The van der Waals surface area contributed by atoms with Crippen molar-refractivity contribution in [1.29, 1.82) is 0 Å². The minimum atomic E-state index is 0.678. The van der Waals surface area contributed by atoms with Crippen LogP contribution in [0.1, 0.15) is 24.8 Å². The van der Waals surface area contributed by atoms with E-state index in [1.807, 2.05) is 18.2 Å². The van der Waals surface area contributed by atoms with E-state index in [1.54, 1.807) is 7.05 Å². The first-order chi connectivity index (χ1) is 11.4. The molecule has 0 unspecified atom stereocenters. The van der Waals surface area contributed by atoms with Gasteiger partial charge in [0.2, 0.25) is 0 Å². The van der Waals surface area contributed by atoms with E-state index in [-0.39, 0.29) is 0 Å². The summed E-state index contributed by atoms with van der Waals surface area (Å²) in [6.07, 6.45) is 3.25. The molecule has 0 saturated carbocycles. The molecule has 1 aliphatic rings. The summed E-state index contributed by atoms with van der Waals surface area (Å²) in [5, 5.41) is 6.63. The number of nitrogens with zero attached hydrogens (tertiary/aromatic N) is 1. The number of hydrogen-bond donors (Lipinski definition) is 2. The molecule has 1 saturated heterocycles. The van der Waals surface area contributed by atoms with Gasteiger partial charge in [0.25, 0.3) is 0 Å². The maximum Gasteiger partial charge on any atom is 0.191 e. The van der Waals surface area contributed by atoms with Gasteiger partial charge in [0.15, 0.2) is 5.96 Å². The summed E-state index contributed by atoms with van der Waals surface area (Å²) in [6.45, 7) is 5.07. The maximum absolute atomic E-state index is 5.76. The molecule has 5 nitrogen and oxygen atoms in total. The fraction of sp³-hybridized carbons (Fsp3) is 0.611. The standard InChI is InChI=1S/C18H29N3O2/c1-19-18(21-14-16-6-3-2-4-7-16)20-10-5-11-23-15-17-8-12-22-13-9-17/h2-4,6-7,17H,5,8-15H2,1H3,(H2,19,20,21). The third-order valence-electron chi connectivity index (χ3n) is 3.98. The highest BCUT2D eigenvalue weighted by molar-refractivity contribution is 5.79. The zero-order chi connectivity index (χ0) is 16.2. The lowest BCUT2D eigenvalue weighted by Crippen LogP contribution is -2.37. The van der Waals surface area contributed by atoms with Crippen molar-refractivity contribution in [1.82, 2.24) is 10.6 Å². The van der Waals surface area contributed by atoms with Gasteiger partial charge in [0.05, 0.1) is 0 Å². The third-order valence-corrected chi connectivity index (χ3v) is 3.98. The molecule has 0 radical (unpaired) electrons. The lowest BCUT2D eigenvalue weighted by Gasteiger charge is -2.21. The maximum atomic E-state index is 5.76. The van der Waals surface area contributed by atoms with Crippen LogP contribution in [-0.4, -0.2) is 46.0 Å². The number of nitrogens with one attached hydrogen (secondary N) is 2. The van der Waals surface area contributed by atoms with Crippen molar-refractivity contribution in [3.8, 4) is 0 Å². The van der Waals surface area contributed by atoms with Crippen LogP contribution < -0.4 is 10.6 Å². The lowest BCUT2D eigenvalue weighted by atomic mass is 10.0. The van der Waals surface area contributed by atoms with Crippen molar-refractivity contribution in [3.63, 3.8) is 0 Å². The van der Waals surface area contributed by atoms with E-state index in [1.165, 1.54) is 5.56 Å². The summed E-state index contributed by atoms with van der Waals surface area (Å²) < 4.78 is 11.1. The van der Waals surface area contributed by atoms with Gasteiger partial charge < -0.3 is 20.1 Å². The van der Waals surface area contributed by atoms with E-state index >= 15 is 0 Å². The first-order valence-corrected chi connectivity index (χ1v) is 8.52. The molecule has 0 spiro atoms. The first kappa shape index (κ1) is 17.8. The van der Waals surface area contributed by atoms with Crippen LogP contribution in [0.4, 0.5) is 0 Å². The average Bonchev–Trinajstić information content (AvgIpc) is 2.62. The van der Waals surface area contributed by atoms with Crippen molar-refractivity contribution in [2.45, 2.75) is 25.8 Å². The molecule has 0 amide bonds. The minimum Gasteiger partial charge on any atom is -0.381 e. The van der Waals surface area contributed by atoms with Crippen LogP contribution in [0.25, 0.3) is 0 Å². The second kappa shape index (κ2) is 11.0. The Balaban J connectivity index is 1.50. The molecule has 2 rings (SSSR count). The molecular formula is C18H29N3O2. The van der Waals surface area contributed by atoms with Crippen molar-refractivity contribution >= 4 is 5.96 Å². The number of guanidine groups is 1. The van der Waals surface area contributed by atoms with Gasteiger partial charge in [-0.1, -0.05) is 30.3 Å². The summed E-state index contributed by atoms with van der Waals surface area (Å²) >= 11 is 0. The molecule has 0 aromatic heterocycles. The van der Waals surface area contributed by atoms with Crippen molar-refractivity contribution in [2.24, 2.45) is 10.9 Å². The van der Waals surface area contributed by atoms with E-state index in [9.17, 15) is 0 Å². The van der Waals surface area contributed by atoms with Gasteiger partial charge in [-0.25, -0.2) is 0 Å². The number of rotatable bonds is 8. The molecule has 1 fully saturated rings. The first-order valence-electron chi connectivity index (χ1n) is 8.52. The van der Waals surface area contributed by atoms with Crippen LogP contribution in [0.15, 0.2) is 35.3 Å². The molecule has 1 aromatic carbocycles. The Morgan fingerprint density at radius 3 is 2.74 bits per heavy atom. The van der Waals surface area contributed by atoms with E-state index in [0.717, 1.165) is 64.7 Å². The molecule has 1 heterocycles. The van der Waals surface area contributed by atoms with Crippen molar-refractivity contribution in [2.75, 3.05) is 40.0 Å². The molecule has 128 valence electrons. The summed E-state index contributed by atoms with van der Waals surface area (Å²) in [6, 6.07) is 10.3. The van der Waals surface area contributed by atoms with Crippen molar-refractivity contribution in [3.05, 3.63) is 35.9 Å².